The van der Waals surface area contributed by atoms with Crippen molar-refractivity contribution in [2.75, 3.05) is 13.1 Å². The molecule has 1 fully saturated rings. The predicted octanol–water partition coefficient (Wildman–Crippen LogP) is 1.78. The molecule has 108 valence electrons. The van der Waals surface area contributed by atoms with Crippen molar-refractivity contribution in [1.29, 1.82) is 0 Å². The molecule has 1 saturated heterocycles. The molecule has 0 aromatic heterocycles. The first-order chi connectivity index (χ1) is 9.70. The van der Waals surface area contributed by atoms with Crippen LogP contribution in [0.2, 0.25) is 0 Å². The molecule has 0 radical (unpaired) electrons. The number of amides is 1. The van der Waals surface area contributed by atoms with E-state index in [0.717, 1.165) is 5.56 Å². The number of oxime groups is 1. The quantitative estimate of drug-likeness (QED) is 0.381. The minimum Gasteiger partial charge on any atom is -0.445 e. The minimum absolute atomic E-state index is 0.0400. The summed E-state index contributed by atoms with van der Waals surface area (Å²) in [4.78, 5) is 13.6. The maximum Gasteiger partial charge on any atom is 0.410 e. The monoisotopic (exact) mass is 277 g/mol. The van der Waals surface area contributed by atoms with Gasteiger partial charge in [-0.25, -0.2) is 4.79 Å². The zero-order valence-electron chi connectivity index (χ0n) is 11.2. The fourth-order valence-corrected chi connectivity index (χ4v) is 2.25. The second-order valence-electron chi connectivity index (χ2n) is 4.83. The summed E-state index contributed by atoms with van der Waals surface area (Å²) in [5.74, 6) is 0.278. The molecule has 1 amide bonds. The van der Waals surface area contributed by atoms with E-state index >= 15 is 0 Å². The summed E-state index contributed by atoms with van der Waals surface area (Å²) in [7, 11) is 0. The van der Waals surface area contributed by atoms with Crippen LogP contribution in [0.25, 0.3) is 0 Å². The molecule has 3 N–H and O–H groups in total. The molecule has 0 atom stereocenters. The van der Waals surface area contributed by atoms with Crippen molar-refractivity contribution in [2.45, 2.75) is 19.4 Å². The van der Waals surface area contributed by atoms with Crippen LogP contribution in [0, 0.1) is 5.92 Å². The number of carbonyl (C=O) groups is 1. The van der Waals surface area contributed by atoms with Gasteiger partial charge in [-0.05, 0) is 18.4 Å². The van der Waals surface area contributed by atoms with Gasteiger partial charge in [0.2, 0.25) is 0 Å². The second-order valence-corrected chi connectivity index (χ2v) is 4.83. The number of hydrogen-bond donors (Lipinski definition) is 2. The molecule has 1 heterocycles. The third-order valence-electron chi connectivity index (χ3n) is 3.49. The molecule has 2 rings (SSSR count). The molecule has 1 aromatic rings. The lowest BCUT2D eigenvalue weighted by Gasteiger charge is -2.30. The van der Waals surface area contributed by atoms with Gasteiger partial charge in [0, 0.05) is 19.0 Å². The van der Waals surface area contributed by atoms with Crippen LogP contribution in [0.4, 0.5) is 4.79 Å². The van der Waals surface area contributed by atoms with Crippen LogP contribution in [0.1, 0.15) is 18.4 Å². The average Bonchev–Trinajstić information content (AvgIpc) is 2.53. The first kappa shape index (κ1) is 14.2. The lowest BCUT2D eigenvalue weighted by Crippen LogP contribution is -2.42. The number of carbonyl (C=O) groups excluding carboxylic acids is 1. The zero-order chi connectivity index (χ0) is 14.4. The van der Waals surface area contributed by atoms with Crippen LogP contribution in [-0.4, -0.2) is 35.1 Å². The number of hydrogen-bond acceptors (Lipinski definition) is 4. The molecule has 0 bridgehead atoms. The van der Waals surface area contributed by atoms with Gasteiger partial charge in [-0.15, -0.1) is 0 Å². The van der Waals surface area contributed by atoms with Crippen molar-refractivity contribution in [2.24, 2.45) is 16.8 Å². The van der Waals surface area contributed by atoms with E-state index in [9.17, 15) is 4.79 Å². The van der Waals surface area contributed by atoms with Gasteiger partial charge in [-0.3, -0.25) is 0 Å². The van der Waals surface area contributed by atoms with E-state index in [4.69, 9.17) is 15.7 Å². The Hall–Kier alpha value is -2.24. The molecule has 1 aliphatic rings. The Morgan fingerprint density at radius 1 is 1.35 bits per heavy atom. The first-order valence-electron chi connectivity index (χ1n) is 6.63. The highest BCUT2D eigenvalue weighted by molar-refractivity contribution is 5.82. The van der Waals surface area contributed by atoms with Gasteiger partial charge in [0.05, 0.1) is 0 Å². The highest BCUT2D eigenvalue weighted by Crippen LogP contribution is 2.18. The molecular weight excluding hydrogens is 258 g/mol. The summed E-state index contributed by atoms with van der Waals surface area (Å²) in [6.07, 6.45) is 1.07. The van der Waals surface area contributed by atoms with Crippen LogP contribution in [-0.2, 0) is 11.3 Å². The Balaban J connectivity index is 1.77. The van der Waals surface area contributed by atoms with E-state index < -0.39 is 0 Å². The van der Waals surface area contributed by atoms with Crippen molar-refractivity contribution in [3.8, 4) is 0 Å². The largest absolute Gasteiger partial charge is 0.445 e. The summed E-state index contributed by atoms with van der Waals surface area (Å²) < 4.78 is 5.27. The Morgan fingerprint density at radius 2 is 2.00 bits per heavy atom. The number of nitrogens with zero attached hydrogens (tertiary/aromatic N) is 2. The Bertz CT molecular complexity index is 468. The van der Waals surface area contributed by atoms with E-state index in [1.807, 2.05) is 30.3 Å². The molecule has 0 aliphatic carbocycles. The van der Waals surface area contributed by atoms with E-state index in [2.05, 4.69) is 5.16 Å². The van der Waals surface area contributed by atoms with Crippen LogP contribution in [0.15, 0.2) is 35.5 Å². The van der Waals surface area contributed by atoms with Crippen molar-refractivity contribution in [1.82, 2.24) is 4.90 Å². The first-order valence-corrected chi connectivity index (χ1v) is 6.63. The molecule has 20 heavy (non-hydrogen) atoms. The van der Waals surface area contributed by atoms with E-state index in [1.165, 1.54) is 0 Å². The van der Waals surface area contributed by atoms with Gasteiger partial charge in [-0.1, -0.05) is 35.5 Å². The van der Waals surface area contributed by atoms with Gasteiger partial charge >= 0.3 is 6.09 Å². The smallest absolute Gasteiger partial charge is 0.410 e. The van der Waals surface area contributed by atoms with Gasteiger partial charge in [0.1, 0.15) is 12.4 Å². The molecule has 0 spiro atoms. The topological polar surface area (TPSA) is 88.2 Å². The number of nitrogens with two attached hydrogens (primary N) is 1. The highest BCUT2D eigenvalue weighted by atomic mass is 16.6. The van der Waals surface area contributed by atoms with Gasteiger partial charge in [0.25, 0.3) is 0 Å². The third-order valence-corrected chi connectivity index (χ3v) is 3.49. The summed E-state index contributed by atoms with van der Waals surface area (Å²) in [5, 5.41) is 11.6. The zero-order valence-corrected chi connectivity index (χ0v) is 11.2. The van der Waals surface area contributed by atoms with Crippen molar-refractivity contribution >= 4 is 11.9 Å². The van der Waals surface area contributed by atoms with Crippen LogP contribution in [0.3, 0.4) is 0 Å². The molecule has 6 nitrogen and oxygen atoms in total. The molecule has 0 unspecified atom stereocenters. The summed E-state index contributed by atoms with van der Waals surface area (Å²) >= 11 is 0. The Morgan fingerprint density at radius 3 is 2.60 bits per heavy atom. The highest BCUT2D eigenvalue weighted by Gasteiger charge is 2.25. The number of amidine groups is 1. The minimum atomic E-state index is -0.313. The number of rotatable bonds is 3. The normalized spacial score (nSPS) is 17.0. The summed E-state index contributed by atoms with van der Waals surface area (Å²) in [6.45, 7) is 1.41. The fourth-order valence-electron chi connectivity index (χ4n) is 2.25. The standard InChI is InChI=1S/C14H19N3O3/c15-13(16-19)12-6-8-17(9-7-12)14(18)20-10-11-4-2-1-3-5-11/h1-5,12,19H,6-10H2,(H2,15,16). The molecule has 1 aliphatic heterocycles. The lowest BCUT2D eigenvalue weighted by molar-refractivity contribution is 0.0862. The fraction of sp³-hybridized carbons (Fsp3) is 0.429. The molecule has 6 heteroatoms. The predicted molar refractivity (Wildman–Crippen MR) is 74.3 cm³/mol. The van der Waals surface area contributed by atoms with Crippen molar-refractivity contribution in [3.05, 3.63) is 35.9 Å². The van der Waals surface area contributed by atoms with Crippen LogP contribution in [0.5, 0.6) is 0 Å². The number of likely N-dealkylation sites (tertiary alicyclic amines) is 1. The van der Waals surface area contributed by atoms with E-state index in [0.29, 0.717) is 25.9 Å². The summed E-state index contributed by atoms with van der Waals surface area (Å²) in [5.41, 5.74) is 6.53. The lowest BCUT2D eigenvalue weighted by atomic mass is 9.96. The second kappa shape index (κ2) is 6.79. The van der Waals surface area contributed by atoms with Gasteiger partial charge < -0.3 is 20.6 Å². The summed E-state index contributed by atoms with van der Waals surface area (Å²) in [6, 6.07) is 9.57. The molecule has 0 saturated carbocycles. The van der Waals surface area contributed by atoms with Crippen LogP contribution < -0.4 is 5.73 Å². The average molecular weight is 277 g/mol. The Kier molecular flexibility index (Phi) is 4.81. The van der Waals surface area contributed by atoms with Gasteiger partial charge in [0.15, 0.2) is 0 Å². The number of piperidine rings is 1. The SMILES string of the molecule is N/C(=N/O)C1CCN(C(=O)OCc2ccccc2)CC1. The van der Waals surface area contributed by atoms with E-state index in [-0.39, 0.29) is 24.5 Å². The third kappa shape index (κ3) is 3.63. The van der Waals surface area contributed by atoms with E-state index in [1.54, 1.807) is 4.90 Å². The van der Waals surface area contributed by atoms with Crippen molar-refractivity contribution in [3.63, 3.8) is 0 Å². The molecular formula is C14H19N3O3. The molecule has 1 aromatic carbocycles. The van der Waals surface area contributed by atoms with Gasteiger partial charge in [-0.2, -0.15) is 0 Å². The number of ether oxygens (including phenoxy) is 1. The Labute approximate surface area is 117 Å². The maximum atomic E-state index is 11.9. The maximum absolute atomic E-state index is 11.9. The van der Waals surface area contributed by atoms with Crippen LogP contribution >= 0.6 is 0 Å². The van der Waals surface area contributed by atoms with Crippen molar-refractivity contribution < 1.29 is 14.7 Å². The number of benzene rings is 1.